The van der Waals surface area contributed by atoms with Gasteiger partial charge in [0.2, 0.25) is 0 Å². The Labute approximate surface area is 126 Å². The number of hydrogen-bond acceptors (Lipinski definition) is 3. The number of methoxy groups -OCH3 is 1. The van der Waals surface area contributed by atoms with E-state index in [1.165, 1.54) is 5.56 Å². The summed E-state index contributed by atoms with van der Waals surface area (Å²) in [7, 11) is 1.59. The van der Waals surface area contributed by atoms with Crippen LogP contribution in [-0.2, 0) is 15.9 Å². The minimum Gasteiger partial charge on any atom is -0.386 e. The average molecular weight is 286 g/mol. The van der Waals surface area contributed by atoms with E-state index in [2.05, 4.69) is 12.1 Å². The summed E-state index contributed by atoms with van der Waals surface area (Å²) in [4.78, 5) is 0. The molecule has 2 rings (SSSR count). The van der Waals surface area contributed by atoms with Crippen LogP contribution in [0, 0.1) is 0 Å². The summed E-state index contributed by atoms with van der Waals surface area (Å²) >= 11 is 0. The van der Waals surface area contributed by atoms with Crippen molar-refractivity contribution in [2.75, 3.05) is 13.9 Å². The molecule has 2 atom stereocenters. The molecule has 0 spiro atoms. The molecule has 0 heterocycles. The molecule has 0 aliphatic carbocycles. The Balaban J connectivity index is 2.00. The maximum Gasteiger partial charge on any atom is 0.146 e. The number of ether oxygens (including phenoxy) is 2. The molecule has 0 radical (unpaired) electrons. The Hall–Kier alpha value is -1.68. The van der Waals surface area contributed by atoms with Gasteiger partial charge in [-0.25, -0.2) is 0 Å². The predicted molar refractivity (Wildman–Crippen MR) is 82.9 cm³/mol. The molecule has 2 aromatic rings. The zero-order chi connectivity index (χ0) is 14.9. The fourth-order valence-electron chi connectivity index (χ4n) is 2.31. The van der Waals surface area contributed by atoms with Crippen molar-refractivity contribution < 1.29 is 14.6 Å². The van der Waals surface area contributed by atoms with Gasteiger partial charge >= 0.3 is 0 Å². The third-order valence-electron chi connectivity index (χ3n) is 3.45. The van der Waals surface area contributed by atoms with Crippen molar-refractivity contribution in [2.45, 2.75) is 25.0 Å². The molecule has 0 bridgehead atoms. The average Bonchev–Trinajstić information content (AvgIpc) is 2.56. The van der Waals surface area contributed by atoms with Gasteiger partial charge in [0.15, 0.2) is 0 Å². The van der Waals surface area contributed by atoms with Gasteiger partial charge in [-0.05, 0) is 24.0 Å². The summed E-state index contributed by atoms with van der Waals surface area (Å²) in [6, 6.07) is 19.8. The Morgan fingerprint density at radius 1 is 0.952 bits per heavy atom. The lowest BCUT2D eigenvalue weighted by atomic mass is 9.98. The summed E-state index contributed by atoms with van der Waals surface area (Å²) < 4.78 is 10.6. The lowest BCUT2D eigenvalue weighted by Crippen LogP contribution is -2.24. The molecule has 0 saturated heterocycles. The van der Waals surface area contributed by atoms with E-state index >= 15 is 0 Å². The van der Waals surface area contributed by atoms with Crippen molar-refractivity contribution in [3.63, 3.8) is 0 Å². The molecule has 3 nitrogen and oxygen atoms in total. The van der Waals surface area contributed by atoms with Gasteiger partial charge in [0.1, 0.15) is 12.9 Å². The second kappa shape index (κ2) is 8.57. The predicted octanol–water partition coefficient (Wildman–Crippen LogP) is 3.34. The van der Waals surface area contributed by atoms with Crippen molar-refractivity contribution in [3.05, 3.63) is 71.8 Å². The lowest BCUT2D eigenvalue weighted by molar-refractivity contribution is -0.116. The number of hydrogen-bond donors (Lipinski definition) is 1. The molecule has 0 fully saturated rings. The topological polar surface area (TPSA) is 38.7 Å². The quantitative estimate of drug-likeness (QED) is 0.756. The number of aryl methyl sites for hydroxylation is 1. The minimum absolute atomic E-state index is 0.184. The van der Waals surface area contributed by atoms with Crippen LogP contribution in [0.2, 0.25) is 0 Å². The molecule has 0 aliphatic rings. The van der Waals surface area contributed by atoms with E-state index in [0.717, 1.165) is 18.4 Å². The van der Waals surface area contributed by atoms with Gasteiger partial charge in [-0.2, -0.15) is 0 Å². The first-order valence-corrected chi connectivity index (χ1v) is 7.18. The molecule has 21 heavy (non-hydrogen) atoms. The highest BCUT2D eigenvalue weighted by molar-refractivity contribution is 5.19. The van der Waals surface area contributed by atoms with Gasteiger partial charge in [0.05, 0.1) is 6.10 Å². The summed E-state index contributed by atoms with van der Waals surface area (Å²) in [6.07, 6.45) is 0.667. The Bertz CT molecular complexity index is 498. The smallest absolute Gasteiger partial charge is 0.146 e. The van der Waals surface area contributed by atoms with E-state index in [4.69, 9.17) is 9.47 Å². The van der Waals surface area contributed by atoms with Crippen molar-refractivity contribution in [2.24, 2.45) is 0 Å². The molecule has 112 valence electrons. The second-order valence-electron chi connectivity index (χ2n) is 4.99. The zero-order valence-electron chi connectivity index (χ0n) is 12.3. The van der Waals surface area contributed by atoms with Gasteiger partial charge < -0.3 is 14.6 Å². The third kappa shape index (κ3) is 4.97. The molecule has 0 aromatic heterocycles. The number of rotatable bonds is 8. The SMILES string of the molecule is COCO[C@@H](CCc1ccccc1)[C@@H](O)c1ccccc1. The van der Waals surface area contributed by atoms with Gasteiger partial charge in [0.25, 0.3) is 0 Å². The fraction of sp³-hybridized carbons (Fsp3) is 0.333. The van der Waals surface area contributed by atoms with Gasteiger partial charge in [-0.15, -0.1) is 0 Å². The highest BCUT2D eigenvalue weighted by atomic mass is 16.7. The summed E-state index contributed by atoms with van der Waals surface area (Å²) in [5, 5.41) is 10.5. The Kier molecular flexibility index (Phi) is 6.41. The van der Waals surface area contributed by atoms with E-state index in [9.17, 15) is 5.11 Å². The molecular weight excluding hydrogens is 264 g/mol. The van der Waals surface area contributed by atoms with Gasteiger partial charge in [-0.3, -0.25) is 0 Å². The zero-order valence-corrected chi connectivity index (χ0v) is 12.3. The molecule has 1 N–H and O–H groups in total. The van der Waals surface area contributed by atoms with Gasteiger partial charge in [0, 0.05) is 7.11 Å². The van der Waals surface area contributed by atoms with Gasteiger partial charge in [-0.1, -0.05) is 60.7 Å². The summed E-state index contributed by atoms with van der Waals surface area (Å²) in [5.41, 5.74) is 2.11. The maximum atomic E-state index is 10.5. The van der Waals surface area contributed by atoms with E-state index in [1.54, 1.807) is 7.11 Å². The molecular formula is C18H22O3. The van der Waals surface area contributed by atoms with Crippen molar-refractivity contribution in [3.8, 4) is 0 Å². The van der Waals surface area contributed by atoms with Crippen LogP contribution in [0.1, 0.15) is 23.7 Å². The monoisotopic (exact) mass is 286 g/mol. The molecule has 2 aromatic carbocycles. The highest BCUT2D eigenvalue weighted by Crippen LogP contribution is 2.23. The van der Waals surface area contributed by atoms with Crippen LogP contribution in [0.4, 0.5) is 0 Å². The standard InChI is InChI=1S/C18H22O3/c1-20-14-21-17(13-12-15-8-4-2-5-9-15)18(19)16-10-6-3-7-11-16/h2-11,17-19H,12-14H2,1H3/t17-,18-/m0/s1. The molecule has 0 aliphatic heterocycles. The summed E-state index contributed by atoms with van der Waals surface area (Å²) in [6.45, 7) is 0.184. The van der Waals surface area contributed by atoms with Crippen LogP contribution in [0.3, 0.4) is 0 Å². The van der Waals surface area contributed by atoms with Crippen molar-refractivity contribution >= 4 is 0 Å². The van der Waals surface area contributed by atoms with E-state index in [-0.39, 0.29) is 12.9 Å². The number of aliphatic hydroxyl groups excluding tert-OH is 1. The first kappa shape index (κ1) is 15.7. The van der Waals surface area contributed by atoms with Crippen LogP contribution >= 0.6 is 0 Å². The van der Waals surface area contributed by atoms with E-state index in [1.807, 2.05) is 48.5 Å². The van der Waals surface area contributed by atoms with Crippen molar-refractivity contribution in [1.29, 1.82) is 0 Å². The van der Waals surface area contributed by atoms with E-state index in [0.29, 0.717) is 0 Å². The lowest BCUT2D eigenvalue weighted by Gasteiger charge is -2.23. The Morgan fingerprint density at radius 2 is 1.57 bits per heavy atom. The third-order valence-corrected chi connectivity index (χ3v) is 3.45. The normalized spacial score (nSPS) is 13.8. The second-order valence-corrected chi connectivity index (χ2v) is 4.99. The number of benzene rings is 2. The van der Waals surface area contributed by atoms with Crippen LogP contribution in [0.5, 0.6) is 0 Å². The minimum atomic E-state index is -0.648. The first-order valence-electron chi connectivity index (χ1n) is 7.18. The largest absolute Gasteiger partial charge is 0.386 e. The van der Waals surface area contributed by atoms with Crippen LogP contribution < -0.4 is 0 Å². The molecule has 0 amide bonds. The Morgan fingerprint density at radius 3 is 2.19 bits per heavy atom. The summed E-state index contributed by atoms with van der Waals surface area (Å²) in [5.74, 6) is 0. The van der Waals surface area contributed by atoms with Crippen LogP contribution in [0.15, 0.2) is 60.7 Å². The van der Waals surface area contributed by atoms with Crippen LogP contribution in [0.25, 0.3) is 0 Å². The first-order chi connectivity index (χ1) is 10.3. The highest BCUT2D eigenvalue weighted by Gasteiger charge is 2.21. The number of aliphatic hydroxyl groups is 1. The molecule has 0 saturated carbocycles. The van der Waals surface area contributed by atoms with Crippen LogP contribution in [-0.4, -0.2) is 25.1 Å². The molecule has 3 heteroatoms. The van der Waals surface area contributed by atoms with Crippen molar-refractivity contribution in [1.82, 2.24) is 0 Å². The van der Waals surface area contributed by atoms with E-state index < -0.39 is 6.10 Å². The fourth-order valence-corrected chi connectivity index (χ4v) is 2.31. The molecule has 0 unspecified atom stereocenters. The maximum absolute atomic E-state index is 10.5.